The Hall–Kier alpha value is -1.08. The van der Waals surface area contributed by atoms with Gasteiger partial charge in [0, 0.05) is 18.5 Å². The standard InChI is InChI=1S/C24H37N/c1-4-6-7-14-21(12-5-2)24(22-15-9-10-16-22)19-25(3)18-20-13-8-11-17-23(20)24/h8,11,13,15,17,21H,4-7,9-10,12,14,16,18-19H2,1-3H3. The number of nitrogens with zero attached hydrogens (tertiary/aromatic N) is 1. The molecule has 1 nitrogen and oxygen atoms in total. The van der Waals surface area contributed by atoms with Crippen molar-refractivity contribution >= 4 is 0 Å². The minimum absolute atomic E-state index is 0.268. The number of hydrogen-bond donors (Lipinski definition) is 0. The molecule has 0 aromatic heterocycles. The highest BCUT2D eigenvalue weighted by Crippen LogP contribution is 2.51. The predicted octanol–water partition coefficient (Wildman–Crippen LogP) is 6.48. The molecule has 0 N–H and O–H groups in total. The third kappa shape index (κ3) is 3.72. The number of fused-ring (bicyclic) bond motifs is 1. The van der Waals surface area contributed by atoms with Crippen LogP contribution in [0.5, 0.6) is 0 Å². The molecule has 1 aliphatic heterocycles. The Morgan fingerprint density at radius 1 is 1.08 bits per heavy atom. The topological polar surface area (TPSA) is 3.24 Å². The lowest BCUT2D eigenvalue weighted by molar-refractivity contribution is 0.159. The van der Waals surface area contributed by atoms with Gasteiger partial charge in [-0.05, 0) is 56.2 Å². The van der Waals surface area contributed by atoms with Crippen molar-refractivity contribution in [2.24, 2.45) is 5.92 Å². The fourth-order valence-electron chi connectivity index (χ4n) is 5.54. The maximum Gasteiger partial charge on any atom is 0.0320 e. The number of unbranched alkanes of at least 4 members (excludes halogenated alkanes) is 2. The van der Waals surface area contributed by atoms with Crippen LogP contribution in [0.2, 0.25) is 0 Å². The van der Waals surface area contributed by atoms with Crippen LogP contribution in [-0.2, 0) is 12.0 Å². The molecule has 1 aromatic carbocycles. The van der Waals surface area contributed by atoms with E-state index in [-0.39, 0.29) is 5.41 Å². The van der Waals surface area contributed by atoms with Gasteiger partial charge in [0.1, 0.15) is 0 Å². The molecule has 0 fully saturated rings. The van der Waals surface area contributed by atoms with Crippen molar-refractivity contribution in [3.05, 3.63) is 47.0 Å². The van der Waals surface area contributed by atoms with Gasteiger partial charge in [-0.15, -0.1) is 0 Å². The van der Waals surface area contributed by atoms with Crippen molar-refractivity contribution in [3.63, 3.8) is 0 Å². The Kier molecular flexibility index (Phi) is 6.39. The maximum atomic E-state index is 2.61. The number of likely N-dealkylation sites (N-methyl/N-ethyl adjacent to an activating group) is 1. The Balaban J connectivity index is 2.06. The van der Waals surface area contributed by atoms with Crippen LogP contribution in [0.1, 0.15) is 82.8 Å². The molecule has 0 saturated carbocycles. The number of benzene rings is 1. The summed E-state index contributed by atoms with van der Waals surface area (Å²) >= 11 is 0. The molecule has 3 rings (SSSR count). The first kappa shape index (κ1) is 18.7. The molecular weight excluding hydrogens is 302 g/mol. The van der Waals surface area contributed by atoms with Crippen molar-refractivity contribution in [2.45, 2.75) is 83.6 Å². The van der Waals surface area contributed by atoms with Gasteiger partial charge in [0.25, 0.3) is 0 Å². The molecule has 1 heterocycles. The van der Waals surface area contributed by atoms with E-state index in [0.717, 1.165) is 12.5 Å². The van der Waals surface area contributed by atoms with Gasteiger partial charge in [0.2, 0.25) is 0 Å². The van der Waals surface area contributed by atoms with Crippen LogP contribution in [0.25, 0.3) is 0 Å². The molecule has 2 atom stereocenters. The molecule has 0 saturated heterocycles. The minimum Gasteiger partial charge on any atom is -0.301 e. The summed E-state index contributed by atoms with van der Waals surface area (Å²) < 4.78 is 0. The van der Waals surface area contributed by atoms with Crippen LogP contribution >= 0.6 is 0 Å². The third-order valence-corrected chi connectivity index (χ3v) is 6.56. The molecule has 138 valence electrons. The molecule has 0 spiro atoms. The Morgan fingerprint density at radius 2 is 1.92 bits per heavy atom. The summed E-state index contributed by atoms with van der Waals surface area (Å²) in [6.45, 7) is 7.03. The lowest BCUT2D eigenvalue weighted by atomic mass is 9.60. The highest BCUT2D eigenvalue weighted by Gasteiger charge is 2.46. The first-order valence-corrected chi connectivity index (χ1v) is 10.7. The van der Waals surface area contributed by atoms with Gasteiger partial charge in [-0.25, -0.2) is 0 Å². The second-order valence-electron chi connectivity index (χ2n) is 8.40. The van der Waals surface area contributed by atoms with Gasteiger partial charge in [-0.2, -0.15) is 0 Å². The smallest absolute Gasteiger partial charge is 0.0320 e. The Labute approximate surface area is 155 Å². The average Bonchev–Trinajstić information content (AvgIpc) is 3.15. The number of rotatable bonds is 8. The van der Waals surface area contributed by atoms with Crippen LogP contribution in [0.15, 0.2) is 35.9 Å². The van der Waals surface area contributed by atoms with Crippen molar-refractivity contribution in [3.8, 4) is 0 Å². The fourth-order valence-corrected chi connectivity index (χ4v) is 5.54. The van der Waals surface area contributed by atoms with E-state index in [2.05, 4.69) is 56.1 Å². The second-order valence-corrected chi connectivity index (χ2v) is 8.40. The van der Waals surface area contributed by atoms with E-state index in [9.17, 15) is 0 Å². The highest BCUT2D eigenvalue weighted by atomic mass is 15.1. The maximum absolute atomic E-state index is 2.61. The van der Waals surface area contributed by atoms with Gasteiger partial charge >= 0.3 is 0 Å². The Bertz CT molecular complexity index is 588. The molecule has 2 unspecified atom stereocenters. The van der Waals surface area contributed by atoms with Gasteiger partial charge in [0.15, 0.2) is 0 Å². The minimum atomic E-state index is 0.268. The van der Waals surface area contributed by atoms with Crippen molar-refractivity contribution in [1.82, 2.24) is 4.90 Å². The number of allylic oxidation sites excluding steroid dienone is 1. The number of hydrogen-bond acceptors (Lipinski definition) is 1. The van der Waals surface area contributed by atoms with Gasteiger partial charge < -0.3 is 4.90 Å². The zero-order chi connectivity index (χ0) is 17.7. The van der Waals surface area contributed by atoms with Crippen LogP contribution < -0.4 is 0 Å². The van der Waals surface area contributed by atoms with Crippen molar-refractivity contribution in [2.75, 3.05) is 13.6 Å². The summed E-state index contributed by atoms with van der Waals surface area (Å²) in [5.41, 5.74) is 5.27. The molecule has 2 aliphatic rings. The molecule has 1 aromatic rings. The summed E-state index contributed by atoms with van der Waals surface area (Å²) in [4.78, 5) is 2.59. The van der Waals surface area contributed by atoms with Crippen LogP contribution in [-0.4, -0.2) is 18.5 Å². The molecule has 1 aliphatic carbocycles. The van der Waals surface area contributed by atoms with Crippen LogP contribution in [0.4, 0.5) is 0 Å². The van der Waals surface area contributed by atoms with E-state index in [4.69, 9.17) is 0 Å². The third-order valence-electron chi connectivity index (χ3n) is 6.56. The van der Waals surface area contributed by atoms with E-state index in [0.29, 0.717) is 0 Å². The molecule has 25 heavy (non-hydrogen) atoms. The van der Waals surface area contributed by atoms with Crippen molar-refractivity contribution in [1.29, 1.82) is 0 Å². The monoisotopic (exact) mass is 339 g/mol. The zero-order valence-corrected chi connectivity index (χ0v) is 16.7. The summed E-state index contributed by atoms with van der Waals surface area (Å²) in [6, 6.07) is 9.36. The lowest BCUT2D eigenvalue weighted by Crippen LogP contribution is -2.50. The highest BCUT2D eigenvalue weighted by molar-refractivity contribution is 5.46. The Morgan fingerprint density at radius 3 is 2.64 bits per heavy atom. The molecule has 0 radical (unpaired) electrons. The second kappa shape index (κ2) is 8.54. The van der Waals surface area contributed by atoms with Gasteiger partial charge in [-0.1, -0.05) is 75.4 Å². The molecule has 0 bridgehead atoms. The summed E-state index contributed by atoms with van der Waals surface area (Å²) in [5.74, 6) is 0.789. The summed E-state index contributed by atoms with van der Waals surface area (Å²) in [5, 5.41) is 0. The molecular formula is C24H37N. The fraction of sp³-hybridized carbons (Fsp3) is 0.667. The molecule has 1 heteroatoms. The van der Waals surface area contributed by atoms with Crippen molar-refractivity contribution < 1.29 is 0 Å². The van der Waals surface area contributed by atoms with E-state index < -0.39 is 0 Å². The SMILES string of the molecule is CCCCCC(CCC)C1(C2=CCCC2)CN(C)Cc2ccccc21. The largest absolute Gasteiger partial charge is 0.301 e. The van der Waals surface area contributed by atoms with E-state index >= 15 is 0 Å². The van der Waals surface area contributed by atoms with Gasteiger partial charge in [-0.3, -0.25) is 0 Å². The zero-order valence-electron chi connectivity index (χ0n) is 16.7. The quantitative estimate of drug-likeness (QED) is 0.387. The van der Waals surface area contributed by atoms with Crippen LogP contribution in [0, 0.1) is 5.92 Å². The average molecular weight is 340 g/mol. The van der Waals surface area contributed by atoms with Crippen LogP contribution in [0.3, 0.4) is 0 Å². The molecule has 0 amide bonds. The van der Waals surface area contributed by atoms with E-state index in [1.54, 1.807) is 16.7 Å². The normalized spacial score (nSPS) is 24.8. The summed E-state index contributed by atoms with van der Waals surface area (Å²) in [6.07, 6.45) is 14.7. The first-order valence-electron chi connectivity index (χ1n) is 10.7. The van der Waals surface area contributed by atoms with E-state index in [1.807, 2.05) is 0 Å². The van der Waals surface area contributed by atoms with Gasteiger partial charge in [0.05, 0.1) is 0 Å². The van der Waals surface area contributed by atoms with E-state index in [1.165, 1.54) is 64.3 Å². The summed E-state index contributed by atoms with van der Waals surface area (Å²) in [7, 11) is 2.33. The lowest BCUT2D eigenvalue weighted by Gasteiger charge is -2.49. The predicted molar refractivity (Wildman–Crippen MR) is 109 cm³/mol. The first-order chi connectivity index (χ1) is 12.2.